The quantitative estimate of drug-likeness (QED) is 0.202. The lowest BCUT2D eigenvalue weighted by Crippen LogP contribution is -2.37. The number of unbranched alkanes of at least 4 members (excludes halogenated alkanes) is 1. The standard InChI is InChI=1S/C16H20F4N6.HI/c1-21-15(22-6-2-3-7-26-10-24-25-11-26)23-9-12-4-5-13(17)8-14(12)16(18,19)20;/h4-5,8,10-11H,2-3,6-7,9H2,1H3,(H2,21,22,23);1H. The predicted molar refractivity (Wildman–Crippen MR) is 104 cm³/mol. The van der Waals surface area contributed by atoms with E-state index in [-0.39, 0.29) is 36.1 Å². The second-order valence-corrected chi connectivity index (χ2v) is 5.56. The number of hydrogen-bond donors (Lipinski definition) is 2. The molecule has 0 amide bonds. The molecule has 1 aromatic carbocycles. The van der Waals surface area contributed by atoms with Crippen molar-refractivity contribution in [2.24, 2.45) is 4.99 Å². The number of aromatic nitrogens is 3. The maximum absolute atomic E-state index is 13.1. The van der Waals surface area contributed by atoms with Gasteiger partial charge >= 0.3 is 6.18 Å². The molecule has 150 valence electrons. The van der Waals surface area contributed by atoms with Crippen LogP contribution >= 0.6 is 24.0 Å². The number of rotatable bonds is 7. The van der Waals surface area contributed by atoms with Crippen LogP contribution in [0.2, 0.25) is 0 Å². The van der Waals surface area contributed by atoms with Crippen molar-refractivity contribution in [1.82, 2.24) is 25.4 Å². The molecule has 0 bridgehead atoms. The number of nitrogens with zero attached hydrogens (tertiary/aromatic N) is 4. The summed E-state index contributed by atoms with van der Waals surface area (Å²) in [6.07, 6.45) is 0.378. The first kappa shape index (κ1) is 23.1. The molecule has 0 saturated carbocycles. The van der Waals surface area contributed by atoms with Crippen LogP contribution in [-0.4, -0.2) is 34.3 Å². The van der Waals surface area contributed by atoms with Gasteiger partial charge in [-0.15, -0.1) is 34.2 Å². The van der Waals surface area contributed by atoms with Gasteiger partial charge in [-0.3, -0.25) is 4.99 Å². The van der Waals surface area contributed by atoms with Crippen LogP contribution in [0.15, 0.2) is 35.8 Å². The van der Waals surface area contributed by atoms with Gasteiger partial charge in [0.15, 0.2) is 5.96 Å². The highest BCUT2D eigenvalue weighted by atomic mass is 127. The van der Waals surface area contributed by atoms with Gasteiger partial charge in [0.2, 0.25) is 0 Å². The van der Waals surface area contributed by atoms with Crippen LogP contribution in [0.5, 0.6) is 0 Å². The molecule has 0 aliphatic carbocycles. The van der Waals surface area contributed by atoms with E-state index >= 15 is 0 Å². The fraction of sp³-hybridized carbons (Fsp3) is 0.438. The molecular weight excluding hydrogens is 479 g/mol. The third-order valence-electron chi connectivity index (χ3n) is 3.65. The summed E-state index contributed by atoms with van der Waals surface area (Å²) in [6.45, 7) is 1.28. The number of aliphatic imine (C=N–C) groups is 1. The third-order valence-corrected chi connectivity index (χ3v) is 3.65. The van der Waals surface area contributed by atoms with E-state index in [4.69, 9.17) is 0 Å². The Balaban J connectivity index is 0.00000364. The molecule has 0 atom stereocenters. The van der Waals surface area contributed by atoms with E-state index in [2.05, 4.69) is 25.8 Å². The Labute approximate surface area is 171 Å². The second-order valence-electron chi connectivity index (χ2n) is 5.56. The topological polar surface area (TPSA) is 67.1 Å². The van der Waals surface area contributed by atoms with E-state index in [0.717, 1.165) is 31.5 Å². The summed E-state index contributed by atoms with van der Waals surface area (Å²) in [4.78, 5) is 3.97. The smallest absolute Gasteiger partial charge is 0.356 e. The van der Waals surface area contributed by atoms with Crippen molar-refractivity contribution >= 4 is 29.9 Å². The zero-order chi connectivity index (χ0) is 19.0. The lowest BCUT2D eigenvalue weighted by atomic mass is 10.1. The summed E-state index contributed by atoms with van der Waals surface area (Å²) in [6, 6.07) is 2.63. The fourth-order valence-corrected chi connectivity index (χ4v) is 2.33. The van der Waals surface area contributed by atoms with Gasteiger partial charge in [-0.05, 0) is 30.5 Å². The molecule has 0 radical (unpaired) electrons. The van der Waals surface area contributed by atoms with Gasteiger partial charge in [0.1, 0.15) is 18.5 Å². The van der Waals surface area contributed by atoms with Crippen LogP contribution in [0.1, 0.15) is 24.0 Å². The molecule has 6 nitrogen and oxygen atoms in total. The SMILES string of the molecule is CN=C(NCCCCn1cnnc1)NCc1ccc(F)cc1C(F)(F)F.I. The van der Waals surface area contributed by atoms with Crippen molar-refractivity contribution in [2.45, 2.75) is 32.1 Å². The van der Waals surface area contributed by atoms with Gasteiger partial charge in [-0.1, -0.05) is 6.07 Å². The molecule has 0 aliphatic heterocycles. The lowest BCUT2D eigenvalue weighted by molar-refractivity contribution is -0.138. The van der Waals surface area contributed by atoms with Crippen LogP contribution in [-0.2, 0) is 19.3 Å². The number of aryl methyl sites for hydroxylation is 1. The molecule has 1 heterocycles. The van der Waals surface area contributed by atoms with E-state index in [1.807, 2.05) is 4.57 Å². The van der Waals surface area contributed by atoms with Gasteiger partial charge < -0.3 is 15.2 Å². The van der Waals surface area contributed by atoms with E-state index < -0.39 is 17.6 Å². The summed E-state index contributed by atoms with van der Waals surface area (Å²) in [7, 11) is 1.53. The molecule has 2 N–H and O–H groups in total. The number of alkyl halides is 3. The molecule has 0 aliphatic rings. The number of halogens is 5. The Morgan fingerprint density at radius 2 is 1.85 bits per heavy atom. The first-order valence-corrected chi connectivity index (χ1v) is 8.02. The molecule has 2 rings (SSSR count). The molecular formula is C16H21F4IN6. The monoisotopic (exact) mass is 500 g/mol. The van der Waals surface area contributed by atoms with Gasteiger partial charge in [0.05, 0.1) is 5.56 Å². The summed E-state index contributed by atoms with van der Waals surface area (Å²) in [5.41, 5.74) is -1.04. The van der Waals surface area contributed by atoms with Crippen molar-refractivity contribution in [2.75, 3.05) is 13.6 Å². The van der Waals surface area contributed by atoms with E-state index in [9.17, 15) is 17.6 Å². The van der Waals surface area contributed by atoms with E-state index in [0.29, 0.717) is 18.6 Å². The maximum Gasteiger partial charge on any atom is 0.416 e. The maximum atomic E-state index is 13.1. The Hall–Kier alpha value is -1.92. The van der Waals surface area contributed by atoms with Crippen molar-refractivity contribution in [1.29, 1.82) is 0 Å². The van der Waals surface area contributed by atoms with Gasteiger partial charge in [0, 0.05) is 26.7 Å². The highest BCUT2D eigenvalue weighted by Crippen LogP contribution is 2.32. The zero-order valence-corrected chi connectivity index (χ0v) is 17.0. The average molecular weight is 500 g/mol. The zero-order valence-electron chi connectivity index (χ0n) is 14.6. The fourth-order valence-electron chi connectivity index (χ4n) is 2.33. The van der Waals surface area contributed by atoms with Crippen molar-refractivity contribution in [3.8, 4) is 0 Å². The van der Waals surface area contributed by atoms with Gasteiger partial charge in [-0.2, -0.15) is 13.2 Å². The average Bonchev–Trinajstić information content (AvgIpc) is 3.10. The van der Waals surface area contributed by atoms with Gasteiger partial charge in [-0.25, -0.2) is 4.39 Å². The second kappa shape index (κ2) is 11.0. The Bertz CT molecular complexity index is 718. The highest BCUT2D eigenvalue weighted by Gasteiger charge is 2.33. The number of benzene rings is 1. The Morgan fingerprint density at radius 3 is 2.48 bits per heavy atom. The first-order chi connectivity index (χ1) is 12.4. The highest BCUT2D eigenvalue weighted by molar-refractivity contribution is 14.0. The molecule has 0 saturated heterocycles. The minimum atomic E-state index is -4.61. The molecule has 0 unspecified atom stereocenters. The minimum Gasteiger partial charge on any atom is -0.356 e. The molecule has 27 heavy (non-hydrogen) atoms. The molecule has 0 spiro atoms. The van der Waals surface area contributed by atoms with Crippen LogP contribution in [0.4, 0.5) is 17.6 Å². The molecule has 0 fully saturated rings. The summed E-state index contributed by atoms with van der Waals surface area (Å²) < 4.78 is 53.9. The number of guanidine groups is 1. The third kappa shape index (κ3) is 7.69. The van der Waals surface area contributed by atoms with Crippen molar-refractivity contribution < 1.29 is 17.6 Å². The van der Waals surface area contributed by atoms with Crippen LogP contribution in [0.25, 0.3) is 0 Å². The number of hydrogen-bond acceptors (Lipinski definition) is 3. The lowest BCUT2D eigenvalue weighted by Gasteiger charge is -2.16. The largest absolute Gasteiger partial charge is 0.416 e. The minimum absolute atomic E-state index is 0. The predicted octanol–water partition coefficient (Wildman–Crippen LogP) is 3.20. The molecule has 11 heteroatoms. The van der Waals surface area contributed by atoms with E-state index in [1.165, 1.54) is 7.05 Å². The first-order valence-electron chi connectivity index (χ1n) is 8.02. The number of nitrogens with one attached hydrogen (secondary N) is 2. The van der Waals surface area contributed by atoms with Crippen LogP contribution in [0, 0.1) is 5.82 Å². The Kier molecular flexibility index (Phi) is 9.46. The van der Waals surface area contributed by atoms with Crippen molar-refractivity contribution in [3.05, 3.63) is 47.8 Å². The molecule has 2 aromatic rings. The van der Waals surface area contributed by atoms with Crippen LogP contribution < -0.4 is 10.6 Å². The summed E-state index contributed by atoms with van der Waals surface area (Å²) in [5, 5.41) is 13.3. The summed E-state index contributed by atoms with van der Waals surface area (Å²) >= 11 is 0. The normalized spacial score (nSPS) is 11.8. The van der Waals surface area contributed by atoms with Crippen molar-refractivity contribution in [3.63, 3.8) is 0 Å². The van der Waals surface area contributed by atoms with Gasteiger partial charge in [0.25, 0.3) is 0 Å². The molecule has 1 aromatic heterocycles. The summed E-state index contributed by atoms with van der Waals surface area (Å²) in [5.74, 6) is -0.538. The van der Waals surface area contributed by atoms with E-state index in [1.54, 1.807) is 12.7 Å². The Morgan fingerprint density at radius 1 is 1.15 bits per heavy atom. The van der Waals surface area contributed by atoms with Crippen LogP contribution in [0.3, 0.4) is 0 Å².